The van der Waals surface area contributed by atoms with Gasteiger partial charge in [-0.2, -0.15) is 5.10 Å². The Hall–Kier alpha value is -1.45. The highest BCUT2D eigenvalue weighted by Gasteiger charge is 2.19. The fourth-order valence-corrected chi connectivity index (χ4v) is 2.80. The van der Waals surface area contributed by atoms with E-state index in [2.05, 4.69) is 30.8 Å². The molecule has 0 aliphatic heterocycles. The van der Waals surface area contributed by atoms with Crippen LogP contribution in [0.2, 0.25) is 0 Å². The Bertz CT molecular complexity index is 701. The minimum Gasteiger partial charge on any atom is -0.384 e. The average Bonchev–Trinajstić information content (AvgIpc) is 2.72. The van der Waals surface area contributed by atoms with E-state index in [1.807, 2.05) is 0 Å². The Balaban J connectivity index is 2.21. The SMILES string of the molecule is Nc1[nH]ncc1CNS(=O)(=O)c1ccc(Br)cc1F. The number of hydrogen-bond donors (Lipinski definition) is 3. The number of nitrogens with two attached hydrogens (primary N) is 1. The normalized spacial score (nSPS) is 11.7. The Morgan fingerprint density at radius 2 is 2.21 bits per heavy atom. The standard InChI is InChI=1S/C10H10BrFN4O2S/c11-7-1-2-9(8(12)3-7)19(17,18)15-5-6-4-14-16-10(6)13/h1-4,15H,5H2,(H3,13,14,16). The van der Waals surface area contributed by atoms with E-state index < -0.39 is 20.7 Å². The molecular formula is C10H10BrFN4O2S. The van der Waals surface area contributed by atoms with Gasteiger partial charge in [0.25, 0.3) is 0 Å². The molecule has 1 aromatic carbocycles. The van der Waals surface area contributed by atoms with Crippen LogP contribution in [0.3, 0.4) is 0 Å². The summed E-state index contributed by atoms with van der Waals surface area (Å²) in [7, 11) is -3.94. The second-order valence-electron chi connectivity index (χ2n) is 3.71. The van der Waals surface area contributed by atoms with Crippen LogP contribution in [0.25, 0.3) is 0 Å². The number of nitrogens with zero attached hydrogens (tertiary/aromatic N) is 1. The molecule has 1 aromatic heterocycles. The molecule has 0 spiro atoms. The van der Waals surface area contributed by atoms with Crippen molar-refractivity contribution in [1.82, 2.24) is 14.9 Å². The van der Waals surface area contributed by atoms with Gasteiger partial charge in [0, 0.05) is 16.6 Å². The number of halogens is 2. The molecule has 6 nitrogen and oxygen atoms in total. The maximum absolute atomic E-state index is 13.6. The maximum Gasteiger partial charge on any atom is 0.243 e. The van der Waals surface area contributed by atoms with E-state index in [1.165, 1.54) is 18.3 Å². The average molecular weight is 349 g/mol. The zero-order chi connectivity index (χ0) is 14.0. The zero-order valence-electron chi connectivity index (χ0n) is 9.52. The molecule has 0 saturated carbocycles. The van der Waals surface area contributed by atoms with Gasteiger partial charge in [0.2, 0.25) is 10.0 Å². The Kier molecular flexibility index (Phi) is 3.88. The molecule has 0 amide bonds. The van der Waals surface area contributed by atoms with Gasteiger partial charge in [0.05, 0.1) is 6.20 Å². The summed E-state index contributed by atoms with van der Waals surface area (Å²) in [4.78, 5) is -0.419. The lowest BCUT2D eigenvalue weighted by atomic mass is 10.3. The lowest BCUT2D eigenvalue weighted by Gasteiger charge is -2.07. The molecule has 4 N–H and O–H groups in total. The van der Waals surface area contributed by atoms with Crippen molar-refractivity contribution in [3.05, 3.63) is 40.2 Å². The van der Waals surface area contributed by atoms with Crippen LogP contribution >= 0.6 is 15.9 Å². The van der Waals surface area contributed by atoms with Gasteiger partial charge < -0.3 is 5.73 Å². The number of rotatable bonds is 4. The van der Waals surface area contributed by atoms with Crippen LogP contribution in [0.4, 0.5) is 10.2 Å². The summed E-state index contributed by atoms with van der Waals surface area (Å²) in [5.41, 5.74) is 6.01. The first-order valence-electron chi connectivity index (χ1n) is 5.12. The van der Waals surface area contributed by atoms with Crippen LogP contribution in [-0.4, -0.2) is 18.6 Å². The Labute approximate surface area is 117 Å². The number of anilines is 1. The van der Waals surface area contributed by atoms with E-state index in [9.17, 15) is 12.8 Å². The van der Waals surface area contributed by atoms with Gasteiger partial charge in [0.1, 0.15) is 16.5 Å². The van der Waals surface area contributed by atoms with Crippen molar-refractivity contribution in [2.45, 2.75) is 11.4 Å². The van der Waals surface area contributed by atoms with Gasteiger partial charge in [-0.05, 0) is 18.2 Å². The van der Waals surface area contributed by atoms with Crippen LogP contribution < -0.4 is 10.5 Å². The molecule has 9 heteroatoms. The number of nitrogen functional groups attached to an aromatic ring is 1. The third-order valence-electron chi connectivity index (χ3n) is 2.39. The van der Waals surface area contributed by atoms with Gasteiger partial charge in [-0.1, -0.05) is 15.9 Å². The van der Waals surface area contributed by atoms with Crippen LogP contribution in [0.1, 0.15) is 5.56 Å². The molecule has 0 aliphatic rings. The van der Waals surface area contributed by atoms with E-state index in [-0.39, 0.29) is 12.4 Å². The van der Waals surface area contributed by atoms with Crippen LogP contribution in [0, 0.1) is 5.82 Å². The summed E-state index contributed by atoms with van der Waals surface area (Å²) in [6, 6.07) is 3.71. The van der Waals surface area contributed by atoms with Crippen LogP contribution in [-0.2, 0) is 16.6 Å². The highest BCUT2D eigenvalue weighted by molar-refractivity contribution is 9.10. The predicted molar refractivity (Wildman–Crippen MR) is 71.1 cm³/mol. The number of sulfonamides is 1. The number of H-pyrrole nitrogens is 1. The van der Waals surface area contributed by atoms with E-state index in [4.69, 9.17) is 5.73 Å². The molecule has 0 saturated heterocycles. The smallest absolute Gasteiger partial charge is 0.243 e. The molecule has 2 aromatic rings. The molecule has 0 radical (unpaired) electrons. The molecule has 0 bridgehead atoms. The number of hydrogen-bond acceptors (Lipinski definition) is 4. The number of aromatic nitrogens is 2. The first-order valence-corrected chi connectivity index (χ1v) is 7.40. The van der Waals surface area contributed by atoms with Gasteiger partial charge in [-0.15, -0.1) is 0 Å². The molecule has 1 heterocycles. The third kappa shape index (κ3) is 3.11. The lowest BCUT2D eigenvalue weighted by molar-refractivity contribution is 0.556. The maximum atomic E-state index is 13.6. The summed E-state index contributed by atoms with van der Waals surface area (Å²) in [6.45, 7) is -0.0693. The zero-order valence-corrected chi connectivity index (χ0v) is 11.9. The third-order valence-corrected chi connectivity index (χ3v) is 4.32. The summed E-state index contributed by atoms with van der Waals surface area (Å²) < 4.78 is 40.2. The van der Waals surface area contributed by atoms with Gasteiger partial charge >= 0.3 is 0 Å². The predicted octanol–water partition coefficient (Wildman–Crippen LogP) is 1.37. The largest absolute Gasteiger partial charge is 0.384 e. The van der Waals surface area contributed by atoms with Crippen molar-refractivity contribution in [2.24, 2.45) is 0 Å². The van der Waals surface area contributed by atoms with E-state index in [1.54, 1.807) is 0 Å². The molecule has 0 fully saturated rings. The second kappa shape index (κ2) is 5.27. The molecule has 2 rings (SSSR count). The number of nitrogens with one attached hydrogen (secondary N) is 2. The Morgan fingerprint density at radius 3 is 2.79 bits per heavy atom. The topological polar surface area (TPSA) is 101 Å². The summed E-state index contributed by atoms with van der Waals surface area (Å²) in [5.74, 6) is -0.569. The molecule has 102 valence electrons. The molecular weight excluding hydrogens is 339 g/mol. The molecule has 19 heavy (non-hydrogen) atoms. The summed E-state index contributed by atoms with van der Waals surface area (Å²) in [5, 5.41) is 6.14. The first kappa shape index (κ1) is 14.0. The highest BCUT2D eigenvalue weighted by atomic mass is 79.9. The van der Waals surface area contributed by atoms with Crippen molar-refractivity contribution >= 4 is 31.8 Å². The van der Waals surface area contributed by atoms with E-state index in [0.717, 1.165) is 6.07 Å². The summed E-state index contributed by atoms with van der Waals surface area (Å²) >= 11 is 3.06. The van der Waals surface area contributed by atoms with Crippen molar-refractivity contribution in [3.63, 3.8) is 0 Å². The minimum atomic E-state index is -3.94. The van der Waals surface area contributed by atoms with E-state index in [0.29, 0.717) is 10.0 Å². The van der Waals surface area contributed by atoms with Crippen molar-refractivity contribution < 1.29 is 12.8 Å². The summed E-state index contributed by atoms with van der Waals surface area (Å²) in [6.07, 6.45) is 1.40. The molecule has 0 unspecified atom stereocenters. The number of aromatic amines is 1. The monoisotopic (exact) mass is 348 g/mol. The van der Waals surface area contributed by atoms with Crippen molar-refractivity contribution in [2.75, 3.05) is 5.73 Å². The quantitative estimate of drug-likeness (QED) is 0.776. The van der Waals surface area contributed by atoms with Crippen molar-refractivity contribution in [3.8, 4) is 0 Å². The van der Waals surface area contributed by atoms with Crippen LogP contribution in [0.5, 0.6) is 0 Å². The minimum absolute atomic E-state index is 0.0693. The van der Waals surface area contributed by atoms with E-state index >= 15 is 0 Å². The fraction of sp³-hybridized carbons (Fsp3) is 0.100. The lowest BCUT2D eigenvalue weighted by Crippen LogP contribution is -2.24. The fourth-order valence-electron chi connectivity index (χ4n) is 1.41. The van der Waals surface area contributed by atoms with Gasteiger partial charge in [-0.25, -0.2) is 17.5 Å². The van der Waals surface area contributed by atoms with Crippen LogP contribution in [0.15, 0.2) is 33.8 Å². The van der Waals surface area contributed by atoms with Gasteiger partial charge in [-0.3, -0.25) is 5.10 Å². The first-order chi connectivity index (χ1) is 8.90. The molecule has 0 atom stereocenters. The second-order valence-corrected chi connectivity index (χ2v) is 6.36. The number of benzene rings is 1. The van der Waals surface area contributed by atoms with Gasteiger partial charge in [0.15, 0.2) is 0 Å². The van der Waals surface area contributed by atoms with Crippen molar-refractivity contribution in [1.29, 1.82) is 0 Å². The molecule has 0 aliphatic carbocycles. The Morgan fingerprint density at radius 1 is 1.47 bits per heavy atom. The highest BCUT2D eigenvalue weighted by Crippen LogP contribution is 2.19.